The number of rotatable bonds is 10. The van der Waals surface area contributed by atoms with Gasteiger partial charge in [-0.15, -0.1) is 0 Å². The molecule has 2 saturated carbocycles. The van der Waals surface area contributed by atoms with Crippen molar-refractivity contribution in [1.29, 1.82) is 0 Å². The third kappa shape index (κ3) is 5.71. The summed E-state index contributed by atoms with van der Waals surface area (Å²) in [4.78, 5) is 0. The van der Waals surface area contributed by atoms with E-state index in [1.807, 2.05) is 31.2 Å². The van der Waals surface area contributed by atoms with Gasteiger partial charge in [-0.05, 0) is 50.1 Å². The van der Waals surface area contributed by atoms with Crippen LogP contribution in [0.1, 0.15) is 57.4 Å². The summed E-state index contributed by atoms with van der Waals surface area (Å²) >= 11 is 0. The van der Waals surface area contributed by atoms with Crippen molar-refractivity contribution in [2.45, 2.75) is 82.8 Å². The predicted octanol–water partition coefficient (Wildman–Crippen LogP) is 2.77. The van der Waals surface area contributed by atoms with Crippen LogP contribution in [0, 0.1) is 17.3 Å². The third-order valence-corrected chi connectivity index (χ3v) is 7.26. The number of nitrogens with one attached hydrogen (secondary N) is 1. The van der Waals surface area contributed by atoms with Gasteiger partial charge in [0.2, 0.25) is 0 Å². The van der Waals surface area contributed by atoms with E-state index in [9.17, 15) is 20.4 Å². The summed E-state index contributed by atoms with van der Waals surface area (Å²) in [7, 11) is 0. The highest BCUT2D eigenvalue weighted by Gasteiger charge is 2.48. The highest BCUT2D eigenvalue weighted by Crippen LogP contribution is 2.50. The normalized spacial score (nSPS) is 30.7. The number of hydrogen-bond acceptors (Lipinski definition) is 5. The summed E-state index contributed by atoms with van der Waals surface area (Å²) < 4.78 is 0. The van der Waals surface area contributed by atoms with Gasteiger partial charge in [0.1, 0.15) is 6.23 Å². The summed E-state index contributed by atoms with van der Waals surface area (Å²) in [6.45, 7) is 2.69. The predicted molar refractivity (Wildman–Crippen MR) is 119 cm³/mol. The average molecular weight is 418 g/mol. The van der Waals surface area contributed by atoms with Crippen LogP contribution in [0.3, 0.4) is 0 Å². The molecule has 2 aliphatic carbocycles. The third-order valence-electron chi connectivity index (χ3n) is 7.26. The molecule has 5 nitrogen and oxygen atoms in total. The van der Waals surface area contributed by atoms with Crippen LogP contribution in [0.25, 0.3) is 0 Å². The monoisotopic (exact) mass is 417 g/mol. The maximum atomic E-state index is 10.8. The van der Waals surface area contributed by atoms with Gasteiger partial charge in [-0.3, -0.25) is 5.32 Å². The molecule has 0 aromatic heterocycles. The summed E-state index contributed by atoms with van der Waals surface area (Å²) in [5.41, 5.74) is 0.948. The minimum atomic E-state index is -0.614. The Labute approximate surface area is 180 Å². The molecule has 1 aromatic carbocycles. The number of benzene rings is 1. The molecule has 0 heterocycles. The van der Waals surface area contributed by atoms with Crippen LogP contribution in [0.5, 0.6) is 0 Å². The van der Waals surface area contributed by atoms with E-state index in [-0.39, 0.29) is 17.3 Å². The van der Waals surface area contributed by atoms with Gasteiger partial charge in [0, 0.05) is 17.8 Å². The first-order valence-corrected chi connectivity index (χ1v) is 11.6. The van der Waals surface area contributed by atoms with Crippen molar-refractivity contribution in [3.8, 4) is 0 Å². The molecular weight excluding hydrogens is 378 g/mol. The molecule has 0 radical (unpaired) electrons. The molecule has 0 saturated heterocycles. The second kappa shape index (κ2) is 10.9. The van der Waals surface area contributed by atoms with E-state index in [0.29, 0.717) is 25.8 Å². The quantitative estimate of drug-likeness (QED) is 0.298. The van der Waals surface area contributed by atoms with Gasteiger partial charge in [0.25, 0.3) is 0 Å². The number of hydrogen-bond donors (Lipinski definition) is 5. The molecule has 0 amide bonds. The van der Waals surface area contributed by atoms with E-state index in [0.717, 1.165) is 32.1 Å². The van der Waals surface area contributed by atoms with Gasteiger partial charge in [-0.25, -0.2) is 0 Å². The van der Waals surface area contributed by atoms with Gasteiger partial charge in [-0.2, -0.15) is 0 Å². The maximum absolute atomic E-state index is 10.8. The van der Waals surface area contributed by atoms with E-state index in [1.54, 1.807) is 6.08 Å². The van der Waals surface area contributed by atoms with Gasteiger partial charge < -0.3 is 20.4 Å². The molecule has 0 aliphatic heterocycles. The Balaban J connectivity index is 1.64. The second-order valence-corrected chi connectivity index (χ2v) is 9.32. The first-order valence-electron chi connectivity index (χ1n) is 11.6. The van der Waals surface area contributed by atoms with E-state index in [2.05, 4.69) is 17.4 Å². The highest BCUT2D eigenvalue weighted by molar-refractivity contribution is 5.15. The SMILES string of the molecule is CCNC(O)C1(C[C@@H]2[C@@H](/C=C/[C@@H](O)CCc3ccccc3)[C@H](O)C[C@@H]2O)CCCC1. The van der Waals surface area contributed by atoms with E-state index in [1.165, 1.54) is 5.56 Å². The molecule has 1 unspecified atom stereocenters. The molecule has 6 atom stereocenters. The largest absolute Gasteiger partial charge is 0.393 e. The zero-order valence-electron chi connectivity index (χ0n) is 18.2. The van der Waals surface area contributed by atoms with Crippen molar-refractivity contribution in [2.75, 3.05) is 6.54 Å². The molecule has 0 bridgehead atoms. The summed E-state index contributed by atoms with van der Waals surface area (Å²) in [5.74, 6) is -0.304. The molecule has 0 spiro atoms. The Morgan fingerprint density at radius 3 is 2.47 bits per heavy atom. The zero-order chi connectivity index (χ0) is 21.6. The fraction of sp³-hybridized carbons (Fsp3) is 0.680. The van der Waals surface area contributed by atoms with Gasteiger partial charge in [0.05, 0.1) is 18.3 Å². The molecule has 5 heteroatoms. The topological polar surface area (TPSA) is 93.0 Å². The first-order chi connectivity index (χ1) is 14.4. The highest BCUT2D eigenvalue weighted by atomic mass is 16.3. The molecule has 168 valence electrons. The fourth-order valence-electron chi connectivity index (χ4n) is 5.52. The Bertz CT molecular complexity index is 658. The van der Waals surface area contributed by atoms with Crippen molar-refractivity contribution < 1.29 is 20.4 Å². The molecule has 2 aliphatic rings. The summed E-state index contributed by atoms with van der Waals surface area (Å²) in [5, 5.41) is 45.6. The van der Waals surface area contributed by atoms with Crippen LogP contribution >= 0.6 is 0 Å². The van der Waals surface area contributed by atoms with Gasteiger partial charge in [-0.1, -0.05) is 62.2 Å². The minimum Gasteiger partial charge on any atom is -0.393 e. The maximum Gasteiger partial charge on any atom is 0.110 e. The van der Waals surface area contributed by atoms with Crippen molar-refractivity contribution in [2.24, 2.45) is 17.3 Å². The molecule has 3 rings (SSSR count). The summed E-state index contributed by atoms with van der Waals surface area (Å²) in [6.07, 6.45) is 7.85. The van der Waals surface area contributed by atoms with Crippen molar-refractivity contribution in [3.05, 3.63) is 48.0 Å². The fourth-order valence-corrected chi connectivity index (χ4v) is 5.52. The molecule has 1 aromatic rings. The Hall–Kier alpha value is -1.24. The van der Waals surface area contributed by atoms with Crippen LogP contribution in [0.4, 0.5) is 0 Å². The van der Waals surface area contributed by atoms with Crippen LogP contribution in [0.15, 0.2) is 42.5 Å². The molecular formula is C25H39NO4. The van der Waals surface area contributed by atoms with E-state index < -0.39 is 24.5 Å². The van der Waals surface area contributed by atoms with Crippen LogP contribution < -0.4 is 5.32 Å². The van der Waals surface area contributed by atoms with E-state index in [4.69, 9.17) is 0 Å². The Morgan fingerprint density at radius 2 is 1.80 bits per heavy atom. The lowest BCUT2D eigenvalue weighted by atomic mass is 9.72. The Morgan fingerprint density at radius 1 is 1.10 bits per heavy atom. The minimum absolute atomic E-state index is 0.107. The van der Waals surface area contributed by atoms with Gasteiger partial charge >= 0.3 is 0 Å². The second-order valence-electron chi connectivity index (χ2n) is 9.32. The Kier molecular flexibility index (Phi) is 8.49. The summed E-state index contributed by atoms with van der Waals surface area (Å²) in [6, 6.07) is 10.1. The van der Waals surface area contributed by atoms with Crippen LogP contribution in [-0.2, 0) is 6.42 Å². The smallest absolute Gasteiger partial charge is 0.110 e. The van der Waals surface area contributed by atoms with Gasteiger partial charge in [0.15, 0.2) is 0 Å². The van der Waals surface area contributed by atoms with Crippen LogP contribution in [0.2, 0.25) is 0 Å². The lowest BCUT2D eigenvalue weighted by molar-refractivity contribution is -0.0293. The van der Waals surface area contributed by atoms with Crippen molar-refractivity contribution in [3.63, 3.8) is 0 Å². The number of aliphatic hydroxyl groups is 4. The molecule has 2 fully saturated rings. The lowest BCUT2D eigenvalue weighted by Crippen LogP contribution is -2.46. The van der Waals surface area contributed by atoms with E-state index >= 15 is 0 Å². The average Bonchev–Trinajstić information content (AvgIpc) is 3.31. The van der Waals surface area contributed by atoms with Crippen molar-refractivity contribution >= 4 is 0 Å². The molecule has 5 N–H and O–H groups in total. The van der Waals surface area contributed by atoms with Crippen molar-refractivity contribution in [1.82, 2.24) is 5.32 Å². The standard InChI is InChI=1S/C25H39NO4/c1-2-26-24(30)25(14-6-7-15-25)17-21-20(22(28)16-23(21)29)13-12-19(27)11-10-18-8-4-3-5-9-18/h3-5,8-9,12-13,19-24,26-30H,2,6-7,10-11,14-17H2,1H3/b13-12+/t19-,20+,21+,22+,23-,24?/m0/s1. The van der Waals surface area contributed by atoms with Crippen LogP contribution in [-0.4, -0.2) is 51.5 Å². The number of aliphatic hydroxyl groups excluding tert-OH is 4. The molecule has 30 heavy (non-hydrogen) atoms. The first kappa shape index (κ1) is 23.4. The zero-order valence-corrected chi connectivity index (χ0v) is 18.2. The number of aryl methyl sites for hydroxylation is 1. The lowest BCUT2D eigenvalue weighted by Gasteiger charge is -2.38.